The zero-order chi connectivity index (χ0) is 12.3. The van der Waals surface area contributed by atoms with E-state index in [1.807, 2.05) is 0 Å². The summed E-state index contributed by atoms with van der Waals surface area (Å²) in [7, 11) is 0. The van der Waals surface area contributed by atoms with Crippen molar-refractivity contribution in [3.05, 3.63) is 0 Å². The van der Waals surface area contributed by atoms with Crippen molar-refractivity contribution < 1.29 is 0 Å². The number of hydrogen-bond donors (Lipinski definition) is 2. The number of nitrogens with zero attached hydrogens (tertiary/aromatic N) is 1. The molecule has 0 amide bonds. The van der Waals surface area contributed by atoms with E-state index in [0.717, 1.165) is 19.0 Å². The molecule has 0 spiro atoms. The summed E-state index contributed by atoms with van der Waals surface area (Å²) in [5, 5.41) is 6.89. The van der Waals surface area contributed by atoms with Crippen LogP contribution in [0.2, 0.25) is 0 Å². The molecule has 1 aliphatic carbocycles. The van der Waals surface area contributed by atoms with Gasteiger partial charge in [0, 0.05) is 19.1 Å². The summed E-state index contributed by atoms with van der Waals surface area (Å²) in [4.78, 5) is 4.64. The topological polar surface area (TPSA) is 36.4 Å². The fourth-order valence-electron chi connectivity index (χ4n) is 2.31. The van der Waals surface area contributed by atoms with Gasteiger partial charge in [-0.3, -0.25) is 4.99 Å². The number of halogens is 1. The molecule has 0 aromatic heterocycles. The minimum Gasteiger partial charge on any atom is -0.357 e. The summed E-state index contributed by atoms with van der Waals surface area (Å²) in [6.07, 6.45) is 10.5. The highest BCUT2D eigenvalue weighted by molar-refractivity contribution is 14.0. The van der Waals surface area contributed by atoms with Gasteiger partial charge in [-0.25, -0.2) is 0 Å². The van der Waals surface area contributed by atoms with Crippen LogP contribution in [0.25, 0.3) is 0 Å². The van der Waals surface area contributed by atoms with Crippen LogP contribution in [0.4, 0.5) is 0 Å². The van der Waals surface area contributed by atoms with Gasteiger partial charge in [0.25, 0.3) is 0 Å². The Morgan fingerprint density at radius 3 is 2.44 bits per heavy atom. The molecule has 0 unspecified atom stereocenters. The van der Waals surface area contributed by atoms with Crippen molar-refractivity contribution in [3.8, 4) is 0 Å². The quantitative estimate of drug-likeness (QED) is 0.312. The Balaban J connectivity index is 0.00000289. The first-order valence-corrected chi connectivity index (χ1v) is 7.41. The first kappa shape index (κ1) is 18.0. The van der Waals surface area contributed by atoms with E-state index < -0.39 is 0 Å². The minimum absolute atomic E-state index is 0. The number of aliphatic imine (C=N–C) groups is 1. The van der Waals surface area contributed by atoms with Crippen molar-refractivity contribution in [2.45, 2.75) is 71.3 Å². The molecule has 3 nitrogen and oxygen atoms in total. The van der Waals surface area contributed by atoms with Crippen LogP contribution < -0.4 is 10.6 Å². The third-order valence-electron chi connectivity index (χ3n) is 3.32. The summed E-state index contributed by atoms with van der Waals surface area (Å²) in [6, 6.07) is 0.656. The summed E-state index contributed by atoms with van der Waals surface area (Å²) >= 11 is 0. The average Bonchev–Trinajstić information content (AvgIpc) is 2.82. The molecule has 0 aromatic rings. The van der Waals surface area contributed by atoms with Gasteiger partial charge in [-0.2, -0.15) is 0 Å². The second-order valence-electron chi connectivity index (χ2n) is 4.95. The summed E-state index contributed by atoms with van der Waals surface area (Å²) in [6.45, 7) is 6.29. The van der Waals surface area contributed by atoms with Gasteiger partial charge >= 0.3 is 0 Å². The van der Waals surface area contributed by atoms with Gasteiger partial charge in [-0.1, -0.05) is 39.0 Å². The van der Waals surface area contributed by atoms with Crippen molar-refractivity contribution in [1.82, 2.24) is 10.6 Å². The molecule has 1 fully saturated rings. The van der Waals surface area contributed by atoms with Crippen LogP contribution in [-0.2, 0) is 0 Å². The van der Waals surface area contributed by atoms with E-state index >= 15 is 0 Å². The molecule has 0 atom stereocenters. The predicted octanol–water partition coefficient (Wildman–Crippen LogP) is 3.68. The first-order valence-electron chi connectivity index (χ1n) is 7.41. The zero-order valence-corrected chi connectivity index (χ0v) is 14.3. The van der Waals surface area contributed by atoms with Crippen molar-refractivity contribution in [2.75, 3.05) is 13.1 Å². The lowest BCUT2D eigenvalue weighted by Crippen LogP contribution is -2.42. The molecule has 0 aromatic carbocycles. The maximum atomic E-state index is 4.64. The van der Waals surface area contributed by atoms with Crippen molar-refractivity contribution >= 4 is 29.9 Å². The van der Waals surface area contributed by atoms with Crippen LogP contribution in [0, 0.1) is 0 Å². The molecule has 0 aliphatic heterocycles. The monoisotopic (exact) mass is 367 g/mol. The molecule has 4 heteroatoms. The molecule has 1 saturated carbocycles. The van der Waals surface area contributed by atoms with Crippen LogP contribution in [0.15, 0.2) is 4.99 Å². The summed E-state index contributed by atoms with van der Waals surface area (Å²) < 4.78 is 0. The van der Waals surface area contributed by atoms with Crippen LogP contribution in [0.1, 0.15) is 65.2 Å². The molecule has 108 valence electrons. The Labute approximate surface area is 130 Å². The molecule has 0 heterocycles. The van der Waals surface area contributed by atoms with E-state index in [4.69, 9.17) is 0 Å². The SMILES string of the molecule is CCCCCCN=C(NCC)NC1CCCC1.I. The van der Waals surface area contributed by atoms with Gasteiger partial charge in [-0.15, -0.1) is 24.0 Å². The van der Waals surface area contributed by atoms with Crippen molar-refractivity contribution in [3.63, 3.8) is 0 Å². The number of guanidine groups is 1. The fraction of sp³-hybridized carbons (Fsp3) is 0.929. The van der Waals surface area contributed by atoms with Gasteiger partial charge < -0.3 is 10.6 Å². The zero-order valence-electron chi connectivity index (χ0n) is 12.0. The Kier molecular flexibility index (Phi) is 12.1. The largest absolute Gasteiger partial charge is 0.357 e. The van der Waals surface area contributed by atoms with Crippen LogP contribution in [0.3, 0.4) is 0 Å². The van der Waals surface area contributed by atoms with E-state index in [-0.39, 0.29) is 24.0 Å². The van der Waals surface area contributed by atoms with Crippen molar-refractivity contribution in [1.29, 1.82) is 0 Å². The van der Waals surface area contributed by atoms with E-state index in [2.05, 4.69) is 29.5 Å². The number of unbranched alkanes of at least 4 members (excludes halogenated alkanes) is 3. The fourth-order valence-corrected chi connectivity index (χ4v) is 2.31. The smallest absolute Gasteiger partial charge is 0.191 e. The highest BCUT2D eigenvalue weighted by Crippen LogP contribution is 2.17. The van der Waals surface area contributed by atoms with Gasteiger partial charge in [-0.05, 0) is 26.2 Å². The Bertz CT molecular complexity index is 213. The van der Waals surface area contributed by atoms with Gasteiger partial charge in [0.05, 0.1) is 0 Å². The lowest BCUT2D eigenvalue weighted by atomic mass is 10.2. The van der Waals surface area contributed by atoms with Gasteiger partial charge in [0.1, 0.15) is 0 Å². The molecule has 2 N–H and O–H groups in total. The van der Waals surface area contributed by atoms with E-state index in [9.17, 15) is 0 Å². The van der Waals surface area contributed by atoms with Crippen LogP contribution >= 0.6 is 24.0 Å². The molecule has 0 saturated heterocycles. The normalized spacial score (nSPS) is 16.4. The van der Waals surface area contributed by atoms with Gasteiger partial charge in [0.15, 0.2) is 5.96 Å². The van der Waals surface area contributed by atoms with Crippen LogP contribution in [0.5, 0.6) is 0 Å². The van der Waals surface area contributed by atoms with Crippen molar-refractivity contribution in [2.24, 2.45) is 4.99 Å². The highest BCUT2D eigenvalue weighted by atomic mass is 127. The third kappa shape index (κ3) is 8.16. The highest BCUT2D eigenvalue weighted by Gasteiger charge is 2.15. The molecule has 1 aliphatic rings. The standard InChI is InChI=1S/C14H29N3.HI/c1-3-5-6-9-12-16-14(15-4-2)17-13-10-7-8-11-13;/h13H,3-12H2,1-2H3,(H2,15,16,17);1H. The maximum absolute atomic E-state index is 4.64. The second kappa shape index (κ2) is 12.1. The first-order chi connectivity index (χ1) is 8.36. The molecule has 1 rings (SSSR count). The summed E-state index contributed by atoms with van der Waals surface area (Å²) in [5.41, 5.74) is 0. The van der Waals surface area contributed by atoms with Crippen LogP contribution in [-0.4, -0.2) is 25.1 Å². The summed E-state index contributed by atoms with van der Waals surface area (Å²) in [5.74, 6) is 1.02. The lowest BCUT2D eigenvalue weighted by molar-refractivity contribution is 0.610. The number of nitrogens with one attached hydrogen (secondary N) is 2. The maximum Gasteiger partial charge on any atom is 0.191 e. The second-order valence-corrected chi connectivity index (χ2v) is 4.95. The Morgan fingerprint density at radius 2 is 1.83 bits per heavy atom. The lowest BCUT2D eigenvalue weighted by Gasteiger charge is -2.16. The Morgan fingerprint density at radius 1 is 1.11 bits per heavy atom. The number of rotatable bonds is 7. The van der Waals surface area contributed by atoms with E-state index in [0.29, 0.717) is 6.04 Å². The van der Waals surface area contributed by atoms with Gasteiger partial charge in [0.2, 0.25) is 0 Å². The van der Waals surface area contributed by atoms with E-state index in [1.165, 1.54) is 51.4 Å². The predicted molar refractivity (Wildman–Crippen MR) is 90.9 cm³/mol. The molecule has 0 bridgehead atoms. The molecular formula is C14H30IN3. The molecule has 18 heavy (non-hydrogen) atoms. The molecule has 0 radical (unpaired) electrons. The van der Waals surface area contributed by atoms with E-state index in [1.54, 1.807) is 0 Å². The Hall–Kier alpha value is 0. The number of hydrogen-bond acceptors (Lipinski definition) is 1. The minimum atomic E-state index is 0. The average molecular weight is 367 g/mol. The molecular weight excluding hydrogens is 337 g/mol. The third-order valence-corrected chi connectivity index (χ3v) is 3.32.